The number of hydrogen-bond acceptors (Lipinski definition) is 7. The first-order chi connectivity index (χ1) is 8.48. The zero-order chi connectivity index (χ0) is 13.6. The summed E-state index contributed by atoms with van der Waals surface area (Å²) in [4.78, 5) is 8.03. The summed E-state index contributed by atoms with van der Waals surface area (Å²) in [6.07, 6.45) is 2.50. The van der Waals surface area contributed by atoms with E-state index < -0.39 is 10.0 Å². The molecule has 8 nitrogen and oxygen atoms in total. The number of hydrogen-bond donors (Lipinski definition) is 3. The van der Waals surface area contributed by atoms with Crippen molar-refractivity contribution in [3.05, 3.63) is 6.33 Å². The third kappa shape index (κ3) is 4.34. The highest BCUT2D eigenvalue weighted by Crippen LogP contribution is 2.27. The fraction of sp³-hybridized carbons (Fsp3) is 0.556. The van der Waals surface area contributed by atoms with Crippen molar-refractivity contribution in [3.63, 3.8) is 0 Å². The Bertz CT molecular complexity index is 491. The van der Waals surface area contributed by atoms with Gasteiger partial charge in [0, 0.05) is 20.1 Å². The predicted octanol–water partition coefficient (Wildman–Crippen LogP) is -0.512. The second kappa shape index (κ2) is 6.36. The van der Waals surface area contributed by atoms with Gasteiger partial charge in [0.1, 0.15) is 6.33 Å². The average Bonchev–Trinajstić information content (AvgIpc) is 2.32. The molecule has 0 atom stereocenters. The zero-order valence-corrected chi connectivity index (χ0v) is 11.3. The minimum absolute atomic E-state index is 0.265. The molecule has 1 rings (SSSR count). The number of aromatic nitrogens is 2. The van der Waals surface area contributed by atoms with E-state index >= 15 is 0 Å². The van der Waals surface area contributed by atoms with Crippen molar-refractivity contribution in [2.75, 3.05) is 44.1 Å². The molecule has 0 unspecified atom stereocenters. The summed E-state index contributed by atoms with van der Waals surface area (Å²) >= 11 is 0. The molecule has 0 saturated heterocycles. The van der Waals surface area contributed by atoms with Gasteiger partial charge in [0.05, 0.1) is 13.4 Å². The molecule has 1 aromatic rings. The van der Waals surface area contributed by atoms with Crippen molar-refractivity contribution < 1.29 is 13.2 Å². The van der Waals surface area contributed by atoms with Crippen molar-refractivity contribution in [3.8, 4) is 5.75 Å². The lowest BCUT2D eigenvalue weighted by Crippen LogP contribution is -2.27. The summed E-state index contributed by atoms with van der Waals surface area (Å²) in [5.74, 6) is 1.55. The van der Waals surface area contributed by atoms with Gasteiger partial charge >= 0.3 is 0 Å². The van der Waals surface area contributed by atoms with Gasteiger partial charge in [0.25, 0.3) is 0 Å². The molecule has 0 aliphatic rings. The minimum Gasteiger partial charge on any atom is -0.490 e. The molecule has 1 heterocycles. The highest BCUT2D eigenvalue weighted by Gasteiger charge is 2.10. The van der Waals surface area contributed by atoms with Crippen molar-refractivity contribution >= 4 is 21.7 Å². The van der Waals surface area contributed by atoms with Gasteiger partial charge in [0.2, 0.25) is 15.8 Å². The fourth-order valence-electron chi connectivity index (χ4n) is 1.29. The Labute approximate surface area is 106 Å². The molecule has 0 amide bonds. The molecule has 0 radical (unpaired) electrons. The van der Waals surface area contributed by atoms with Gasteiger partial charge in [-0.25, -0.2) is 23.1 Å². The van der Waals surface area contributed by atoms with Crippen LogP contribution in [0.5, 0.6) is 5.75 Å². The summed E-state index contributed by atoms with van der Waals surface area (Å²) in [6.45, 7) is 0.657. The zero-order valence-electron chi connectivity index (χ0n) is 10.5. The number of nitrogens with zero attached hydrogens (tertiary/aromatic N) is 2. The Hall–Kier alpha value is -1.61. The van der Waals surface area contributed by atoms with Crippen molar-refractivity contribution in [2.45, 2.75) is 0 Å². The molecule has 3 N–H and O–H groups in total. The quantitative estimate of drug-likeness (QED) is 0.575. The van der Waals surface area contributed by atoms with E-state index in [4.69, 9.17) is 4.74 Å². The van der Waals surface area contributed by atoms with E-state index in [0.29, 0.717) is 23.9 Å². The maximum absolute atomic E-state index is 10.9. The number of nitrogens with one attached hydrogen (secondary N) is 3. The third-order valence-electron chi connectivity index (χ3n) is 2.03. The van der Waals surface area contributed by atoms with Crippen molar-refractivity contribution in [2.24, 2.45) is 0 Å². The molecule has 102 valence electrons. The minimum atomic E-state index is -3.17. The maximum atomic E-state index is 10.9. The summed E-state index contributed by atoms with van der Waals surface area (Å²) in [5.41, 5.74) is 0. The van der Waals surface area contributed by atoms with E-state index in [-0.39, 0.29) is 6.54 Å². The second-order valence-corrected chi connectivity index (χ2v) is 5.28. The van der Waals surface area contributed by atoms with E-state index in [9.17, 15) is 8.42 Å². The lowest BCUT2D eigenvalue weighted by molar-refractivity contribution is 0.415. The summed E-state index contributed by atoms with van der Waals surface area (Å²) in [6, 6.07) is 0. The largest absolute Gasteiger partial charge is 0.490 e. The van der Waals surface area contributed by atoms with Crippen LogP contribution in [-0.2, 0) is 10.0 Å². The molecule has 0 bridgehead atoms. The van der Waals surface area contributed by atoms with E-state index in [1.54, 1.807) is 7.05 Å². The number of sulfonamides is 1. The van der Waals surface area contributed by atoms with Crippen LogP contribution in [0.2, 0.25) is 0 Å². The number of methoxy groups -OCH3 is 1. The van der Waals surface area contributed by atoms with E-state index in [0.717, 1.165) is 6.26 Å². The molecule has 0 aliphatic heterocycles. The van der Waals surface area contributed by atoms with E-state index in [1.165, 1.54) is 13.4 Å². The molecule has 0 fully saturated rings. The molecule has 0 aliphatic carbocycles. The third-order valence-corrected chi connectivity index (χ3v) is 2.75. The Morgan fingerprint density at radius 1 is 1.28 bits per heavy atom. The number of ether oxygens (including phenoxy) is 1. The van der Waals surface area contributed by atoms with Gasteiger partial charge in [-0.15, -0.1) is 0 Å². The molecular weight excluding hydrogens is 258 g/mol. The van der Waals surface area contributed by atoms with Gasteiger partial charge in [-0.1, -0.05) is 0 Å². The Morgan fingerprint density at radius 2 is 1.94 bits per heavy atom. The smallest absolute Gasteiger partial charge is 0.208 e. The summed E-state index contributed by atoms with van der Waals surface area (Å²) < 4.78 is 29.3. The summed E-state index contributed by atoms with van der Waals surface area (Å²) in [5, 5.41) is 5.84. The fourth-order valence-corrected chi connectivity index (χ4v) is 1.76. The van der Waals surface area contributed by atoms with E-state index in [2.05, 4.69) is 25.3 Å². The Morgan fingerprint density at radius 3 is 2.50 bits per heavy atom. The van der Waals surface area contributed by atoms with Crippen molar-refractivity contribution in [1.82, 2.24) is 14.7 Å². The van der Waals surface area contributed by atoms with Crippen LogP contribution in [0.15, 0.2) is 6.33 Å². The molecule has 9 heteroatoms. The first-order valence-electron chi connectivity index (χ1n) is 5.23. The molecular formula is C9H17N5O3S. The van der Waals surface area contributed by atoms with Crippen LogP contribution in [0.1, 0.15) is 0 Å². The number of rotatable bonds is 7. The van der Waals surface area contributed by atoms with Crippen LogP contribution in [0.4, 0.5) is 11.6 Å². The van der Waals surface area contributed by atoms with E-state index in [1.807, 2.05) is 0 Å². The first kappa shape index (κ1) is 14.5. The lowest BCUT2D eigenvalue weighted by Gasteiger charge is -2.12. The highest BCUT2D eigenvalue weighted by atomic mass is 32.2. The van der Waals surface area contributed by atoms with Crippen LogP contribution < -0.4 is 20.1 Å². The van der Waals surface area contributed by atoms with Crippen LogP contribution in [0.25, 0.3) is 0 Å². The molecule has 18 heavy (non-hydrogen) atoms. The normalized spacial score (nSPS) is 11.1. The Balaban J connectivity index is 2.62. The SMILES string of the molecule is CNc1ncnc(NCCNS(C)(=O)=O)c1OC. The van der Waals surface area contributed by atoms with Crippen LogP contribution >= 0.6 is 0 Å². The molecule has 0 saturated carbocycles. The summed E-state index contributed by atoms with van der Waals surface area (Å²) in [7, 11) is 0.0620. The van der Waals surface area contributed by atoms with Crippen LogP contribution in [-0.4, -0.2) is 51.9 Å². The van der Waals surface area contributed by atoms with Gasteiger partial charge in [-0.05, 0) is 0 Å². The van der Waals surface area contributed by atoms with Crippen LogP contribution in [0, 0.1) is 0 Å². The van der Waals surface area contributed by atoms with Gasteiger partial charge in [-0.2, -0.15) is 0 Å². The lowest BCUT2D eigenvalue weighted by atomic mass is 10.4. The van der Waals surface area contributed by atoms with Crippen LogP contribution in [0.3, 0.4) is 0 Å². The van der Waals surface area contributed by atoms with Gasteiger partial charge < -0.3 is 15.4 Å². The monoisotopic (exact) mass is 275 g/mol. The second-order valence-electron chi connectivity index (χ2n) is 3.45. The molecule has 1 aromatic heterocycles. The molecule has 0 spiro atoms. The van der Waals surface area contributed by atoms with Gasteiger partial charge in [-0.3, -0.25) is 0 Å². The average molecular weight is 275 g/mol. The highest BCUT2D eigenvalue weighted by molar-refractivity contribution is 7.88. The maximum Gasteiger partial charge on any atom is 0.208 e. The molecule has 0 aromatic carbocycles. The standard InChI is InChI=1S/C9H17N5O3S/c1-10-8-7(17-2)9(13-6-12-8)11-4-5-14-18(3,15)16/h6,14H,4-5H2,1-3H3,(H2,10,11,12,13). The predicted molar refractivity (Wildman–Crippen MR) is 69.5 cm³/mol. The topological polar surface area (TPSA) is 105 Å². The van der Waals surface area contributed by atoms with Gasteiger partial charge in [0.15, 0.2) is 11.6 Å². The number of anilines is 2. The first-order valence-corrected chi connectivity index (χ1v) is 7.12. The van der Waals surface area contributed by atoms with Crippen molar-refractivity contribution in [1.29, 1.82) is 0 Å². The Kier molecular flexibility index (Phi) is 5.10.